The van der Waals surface area contributed by atoms with E-state index in [2.05, 4.69) is 5.32 Å². The van der Waals surface area contributed by atoms with Crippen LogP contribution in [0.1, 0.15) is 16.7 Å². The summed E-state index contributed by atoms with van der Waals surface area (Å²) < 4.78 is 63.9. The van der Waals surface area contributed by atoms with Crippen LogP contribution in [-0.2, 0) is 34.0 Å². The van der Waals surface area contributed by atoms with Gasteiger partial charge in [-0.2, -0.15) is 17.5 Å². The first kappa shape index (κ1) is 19.4. The van der Waals surface area contributed by atoms with Crippen molar-refractivity contribution in [2.24, 2.45) is 0 Å². The highest BCUT2D eigenvalue weighted by Crippen LogP contribution is 2.31. The molecule has 1 atom stereocenters. The summed E-state index contributed by atoms with van der Waals surface area (Å²) in [5.41, 5.74) is 0.698. The molecule has 0 saturated heterocycles. The van der Waals surface area contributed by atoms with E-state index in [1.54, 1.807) is 24.3 Å². The monoisotopic (exact) mass is 398 g/mol. The summed E-state index contributed by atoms with van der Waals surface area (Å²) in [5.74, 6) is -0.672. The molecule has 0 aliphatic carbocycles. The number of nitrogens with zero attached hydrogens (tertiary/aromatic N) is 1. The van der Waals surface area contributed by atoms with Gasteiger partial charge in [0, 0.05) is 12.2 Å². The average Bonchev–Trinajstić information content (AvgIpc) is 2.59. The number of carbonyl (C=O) groups is 1. The first-order valence-electron chi connectivity index (χ1n) is 8.07. The fourth-order valence-electron chi connectivity index (χ4n) is 3.07. The number of rotatable bonds is 3. The fourth-order valence-corrected chi connectivity index (χ4v) is 4.08. The summed E-state index contributed by atoms with van der Waals surface area (Å²) in [6, 6.07) is 10.4. The number of halogens is 3. The number of alkyl halides is 3. The summed E-state index contributed by atoms with van der Waals surface area (Å²) in [5, 5.41) is 2.41. The summed E-state index contributed by atoms with van der Waals surface area (Å²) >= 11 is 0. The van der Waals surface area contributed by atoms with Gasteiger partial charge in [-0.15, -0.1) is 0 Å². The van der Waals surface area contributed by atoms with Gasteiger partial charge in [-0.05, 0) is 35.7 Å². The molecular formula is C18H17F3N2O3S. The van der Waals surface area contributed by atoms with Gasteiger partial charge in [0.1, 0.15) is 6.04 Å². The van der Waals surface area contributed by atoms with Gasteiger partial charge in [0.15, 0.2) is 0 Å². The quantitative estimate of drug-likeness (QED) is 0.864. The molecule has 27 heavy (non-hydrogen) atoms. The van der Waals surface area contributed by atoms with Crippen molar-refractivity contribution in [3.63, 3.8) is 0 Å². The SMILES string of the molecule is CS(=O)(=O)N1Cc2ccccc2CC1C(=O)Nc1cccc(C(F)(F)F)c1. The van der Waals surface area contributed by atoms with Crippen LogP contribution in [0.4, 0.5) is 18.9 Å². The molecule has 1 N–H and O–H groups in total. The second-order valence-corrected chi connectivity index (χ2v) is 8.30. The molecule has 1 aliphatic heterocycles. The molecule has 0 bridgehead atoms. The fraction of sp³-hybridized carbons (Fsp3) is 0.278. The lowest BCUT2D eigenvalue weighted by Crippen LogP contribution is -2.50. The van der Waals surface area contributed by atoms with Crippen molar-refractivity contribution in [1.82, 2.24) is 4.31 Å². The van der Waals surface area contributed by atoms with Crippen molar-refractivity contribution < 1.29 is 26.4 Å². The van der Waals surface area contributed by atoms with Crippen LogP contribution in [-0.4, -0.2) is 30.9 Å². The zero-order valence-corrected chi connectivity index (χ0v) is 15.1. The molecule has 9 heteroatoms. The molecule has 144 valence electrons. The van der Waals surface area contributed by atoms with E-state index in [4.69, 9.17) is 0 Å². The maximum atomic E-state index is 12.8. The number of benzene rings is 2. The largest absolute Gasteiger partial charge is 0.416 e. The molecule has 2 aromatic rings. The number of amides is 1. The third-order valence-corrected chi connectivity index (χ3v) is 5.63. The minimum Gasteiger partial charge on any atom is -0.325 e. The van der Waals surface area contributed by atoms with E-state index in [0.29, 0.717) is 0 Å². The Morgan fingerprint density at radius 1 is 1.11 bits per heavy atom. The van der Waals surface area contributed by atoms with Gasteiger partial charge < -0.3 is 5.32 Å². The van der Waals surface area contributed by atoms with Crippen LogP contribution in [0.2, 0.25) is 0 Å². The number of anilines is 1. The molecule has 2 aromatic carbocycles. The molecule has 1 amide bonds. The van der Waals surface area contributed by atoms with E-state index < -0.39 is 33.7 Å². The highest BCUT2D eigenvalue weighted by molar-refractivity contribution is 7.88. The Bertz CT molecular complexity index is 974. The van der Waals surface area contributed by atoms with Crippen LogP contribution < -0.4 is 5.32 Å². The Kier molecular flexibility index (Phi) is 5.00. The summed E-state index contributed by atoms with van der Waals surface area (Å²) in [6.07, 6.45) is -3.39. The first-order chi connectivity index (χ1) is 12.6. The Hall–Kier alpha value is -2.39. The van der Waals surface area contributed by atoms with Crippen LogP contribution in [0.15, 0.2) is 48.5 Å². The third-order valence-electron chi connectivity index (χ3n) is 4.39. The predicted molar refractivity (Wildman–Crippen MR) is 94.4 cm³/mol. The van der Waals surface area contributed by atoms with E-state index in [9.17, 15) is 26.4 Å². The van der Waals surface area contributed by atoms with Crippen LogP contribution in [0.5, 0.6) is 0 Å². The number of nitrogens with one attached hydrogen (secondary N) is 1. The van der Waals surface area contributed by atoms with Gasteiger partial charge >= 0.3 is 6.18 Å². The molecule has 1 heterocycles. The number of hydrogen-bond donors (Lipinski definition) is 1. The molecule has 3 rings (SSSR count). The van der Waals surface area contributed by atoms with E-state index in [1.807, 2.05) is 0 Å². The summed E-state index contributed by atoms with van der Waals surface area (Å²) in [6.45, 7) is 0.0374. The van der Waals surface area contributed by atoms with Gasteiger partial charge in [-0.3, -0.25) is 4.79 Å². The van der Waals surface area contributed by atoms with Crippen molar-refractivity contribution in [3.8, 4) is 0 Å². The lowest BCUT2D eigenvalue weighted by atomic mass is 9.95. The number of sulfonamides is 1. The number of carbonyl (C=O) groups excluding carboxylic acids is 1. The van der Waals surface area contributed by atoms with Gasteiger partial charge in [-0.25, -0.2) is 8.42 Å². The van der Waals surface area contributed by atoms with Gasteiger partial charge in [0.2, 0.25) is 15.9 Å². The Morgan fingerprint density at radius 2 is 1.78 bits per heavy atom. The van der Waals surface area contributed by atoms with E-state index >= 15 is 0 Å². The molecule has 0 saturated carbocycles. The number of fused-ring (bicyclic) bond motifs is 1. The second kappa shape index (κ2) is 6.97. The molecule has 0 spiro atoms. The second-order valence-electron chi connectivity index (χ2n) is 6.36. The maximum Gasteiger partial charge on any atom is 0.416 e. The van der Waals surface area contributed by atoms with E-state index in [-0.39, 0.29) is 18.7 Å². The normalized spacial score (nSPS) is 18.0. The summed E-state index contributed by atoms with van der Waals surface area (Å²) in [7, 11) is -3.69. The first-order valence-corrected chi connectivity index (χ1v) is 9.92. The van der Waals surface area contributed by atoms with Gasteiger partial charge in [-0.1, -0.05) is 30.3 Å². The smallest absolute Gasteiger partial charge is 0.325 e. The van der Waals surface area contributed by atoms with Crippen LogP contribution in [0.25, 0.3) is 0 Å². The molecule has 1 unspecified atom stereocenters. The number of hydrogen-bond acceptors (Lipinski definition) is 3. The zero-order chi connectivity index (χ0) is 19.8. The topological polar surface area (TPSA) is 66.5 Å². The summed E-state index contributed by atoms with van der Waals surface area (Å²) in [4.78, 5) is 12.7. The van der Waals surface area contributed by atoms with Gasteiger partial charge in [0.05, 0.1) is 11.8 Å². The Labute approximate surface area is 154 Å². The highest BCUT2D eigenvalue weighted by Gasteiger charge is 2.37. The third kappa shape index (κ3) is 4.30. The van der Waals surface area contributed by atoms with E-state index in [0.717, 1.165) is 33.8 Å². The minimum atomic E-state index is -4.54. The minimum absolute atomic E-state index is 0.0374. The lowest BCUT2D eigenvalue weighted by Gasteiger charge is -2.34. The Balaban J connectivity index is 1.88. The maximum absolute atomic E-state index is 12.8. The Morgan fingerprint density at radius 3 is 2.41 bits per heavy atom. The molecule has 1 aliphatic rings. The molecule has 0 radical (unpaired) electrons. The van der Waals surface area contributed by atoms with Crippen LogP contribution in [0, 0.1) is 0 Å². The highest BCUT2D eigenvalue weighted by atomic mass is 32.2. The molecule has 0 aromatic heterocycles. The molecule has 5 nitrogen and oxygen atoms in total. The van der Waals surface area contributed by atoms with Crippen molar-refractivity contribution in [2.75, 3.05) is 11.6 Å². The predicted octanol–water partition coefficient (Wildman–Crippen LogP) is 3.03. The zero-order valence-electron chi connectivity index (χ0n) is 14.3. The standard InChI is InChI=1S/C18H17F3N2O3S/c1-27(25,26)23-11-13-6-3-2-5-12(13)9-16(23)17(24)22-15-8-4-7-14(10-15)18(19,20)21/h2-8,10,16H,9,11H2,1H3,(H,22,24). The van der Waals surface area contributed by atoms with Crippen molar-refractivity contribution in [3.05, 3.63) is 65.2 Å². The van der Waals surface area contributed by atoms with Crippen molar-refractivity contribution >= 4 is 21.6 Å². The average molecular weight is 398 g/mol. The van der Waals surface area contributed by atoms with Crippen LogP contribution >= 0.6 is 0 Å². The van der Waals surface area contributed by atoms with Crippen molar-refractivity contribution in [2.45, 2.75) is 25.2 Å². The molecular weight excluding hydrogens is 381 g/mol. The lowest BCUT2D eigenvalue weighted by molar-refractivity contribution is -0.137. The van der Waals surface area contributed by atoms with E-state index in [1.165, 1.54) is 12.1 Å². The van der Waals surface area contributed by atoms with Gasteiger partial charge in [0.25, 0.3) is 0 Å². The van der Waals surface area contributed by atoms with Crippen LogP contribution in [0.3, 0.4) is 0 Å². The van der Waals surface area contributed by atoms with Crippen molar-refractivity contribution in [1.29, 1.82) is 0 Å². The molecule has 0 fully saturated rings.